The van der Waals surface area contributed by atoms with Gasteiger partial charge in [0.2, 0.25) is 0 Å². The summed E-state index contributed by atoms with van der Waals surface area (Å²) in [6, 6.07) is 15.8. The number of hydrogen-bond donors (Lipinski definition) is 1. The van der Waals surface area contributed by atoms with Crippen LogP contribution in [0.5, 0.6) is 11.5 Å². The maximum absolute atomic E-state index is 5.89. The van der Waals surface area contributed by atoms with Gasteiger partial charge in [-0.25, -0.2) is 0 Å². The Bertz CT molecular complexity index is 695. The monoisotopic (exact) mass is 250 g/mol. The predicted octanol–water partition coefficient (Wildman–Crippen LogP) is 3.49. The van der Waals surface area contributed by atoms with Crippen molar-refractivity contribution in [1.82, 2.24) is 4.98 Å². The molecular formula is C16H14N2O. The van der Waals surface area contributed by atoms with Gasteiger partial charge in [0.15, 0.2) is 0 Å². The van der Waals surface area contributed by atoms with E-state index in [1.54, 1.807) is 12.4 Å². The highest BCUT2D eigenvalue weighted by molar-refractivity contribution is 5.91. The van der Waals surface area contributed by atoms with E-state index in [0.717, 1.165) is 27.8 Å². The number of pyridine rings is 1. The first-order valence-electron chi connectivity index (χ1n) is 6.17. The number of ether oxygens (including phenoxy) is 1. The van der Waals surface area contributed by atoms with Crippen LogP contribution >= 0.6 is 0 Å². The van der Waals surface area contributed by atoms with Gasteiger partial charge < -0.3 is 10.5 Å². The van der Waals surface area contributed by atoms with Gasteiger partial charge in [0, 0.05) is 18.1 Å². The van der Waals surface area contributed by atoms with Gasteiger partial charge in [0.1, 0.15) is 11.5 Å². The van der Waals surface area contributed by atoms with Crippen LogP contribution in [0.2, 0.25) is 0 Å². The molecule has 0 saturated heterocycles. The summed E-state index contributed by atoms with van der Waals surface area (Å²) in [7, 11) is 0. The van der Waals surface area contributed by atoms with E-state index in [1.807, 2.05) is 42.5 Å². The average Bonchev–Trinajstić information content (AvgIpc) is 2.49. The summed E-state index contributed by atoms with van der Waals surface area (Å²) in [5.74, 6) is 1.55. The predicted molar refractivity (Wildman–Crippen MR) is 76.2 cm³/mol. The van der Waals surface area contributed by atoms with E-state index in [0.29, 0.717) is 6.54 Å². The summed E-state index contributed by atoms with van der Waals surface area (Å²) in [5.41, 5.74) is 6.89. The molecular weight excluding hydrogens is 236 g/mol. The zero-order valence-electron chi connectivity index (χ0n) is 10.4. The van der Waals surface area contributed by atoms with Crippen LogP contribution in [0.4, 0.5) is 0 Å². The fourth-order valence-electron chi connectivity index (χ4n) is 2.14. The summed E-state index contributed by atoms with van der Waals surface area (Å²) in [5, 5.41) is 2.20. The van der Waals surface area contributed by atoms with E-state index in [2.05, 4.69) is 11.1 Å². The van der Waals surface area contributed by atoms with Crippen LogP contribution in [0, 0.1) is 0 Å². The summed E-state index contributed by atoms with van der Waals surface area (Å²) >= 11 is 0. The Morgan fingerprint density at radius 2 is 1.79 bits per heavy atom. The quantitative estimate of drug-likeness (QED) is 0.774. The van der Waals surface area contributed by atoms with Crippen molar-refractivity contribution < 1.29 is 4.74 Å². The highest BCUT2D eigenvalue weighted by Gasteiger charge is 2.06. The number of nitrogens with two attached hydrogens (primary N) is 1. The summed E-state index contributed by atoms with van der Waals surface area (Å²) in [6.07, 6.45) is 3.42. The molecule has 3 nitrogen and oxygen atoms in total. The molecule has 0 spiro atoms. The van der Waals surface area contributed by atoms with Crippen LogP contribution in [-0.2, 0) is 6.54 Å². The lowest BCUT2D eigenvalue weighted by atomic mass is 10.0. The lowest BCUT2D eigenvalue weighted by Crippen LogP contribution is -1.97. The zero-order valence-corrected chi connectivity index (χ0v) is 10.4. The number of rotatable bonds is 3. The molecule has 0 saturated carbocycles. The molecule has 0 amide bonds. The van der Waals surface area contributed by atoms with E-state index < -0.39 is 0 Å². The molecule has 0 atom stereocenters. The van der Waals surface area contributed by atoms with Crippen LogP contribution in [-0.4, -0.2) is 4.98 Å². The third-order valence-electron chi connectivity index (χ3n) is 3.06. The normalized spacial score (nSPS) is 10.6. The molecule has 19 heavy (non-hydrogen) atoms. The van der Waals surface area contributed by atoms with Crippen molar-refractivity contribution in [3.63, 3.8) is 0 Å². The van der Waals surface area contributed by atoms with Crippen molar-refractivity contribution in [2.45, 2.75) is 6.54 Å². The third kappa shape index (κ3) is 2.28. The molecule has 3 heteroatoms. The van der Waals surface area contributed by atoms with Crippen molar-refractivity contribution in [2.24, 2.45) is 5.73 Å². The Morgan fingerprint density at radius 1 is 0.947 bits per heavy atom. The van der Waals surface area contributed by atoms with E-state index in [4.69, 9.17) is 10.5 Å². The highest BCUT2D eigenvalue weighted by Crippen LogP contribution is 2.31. The van der Waals surface area contributed by atoms with E-state index >= 15 is 0 Å². The standard InChI is InChI=1S/C16H14N2O/c17-10-12-7-8-16(15-6-2-1-5-14(12)15)19-13-4-3-9-18-11-13/h1-9,11H,10,17H2. The van der Waals surface area contributed by atoms with Gasteiger partial charge in [-0.2, -0.15) is 0 Å². The minimum Gasteiger partial charge on any atom is -0.455 e. The van der Waals surface area contributed by atoms with Gasteiger partial charge in [0.25, 0.3) is 0 Å². The third-order valence-corrected chi connectivity index (χ3v) is 3.06. The number of benzene rings is 2. The molecule has 0 fully saturated rings. The van der Waals surface area contributed by atoms with Gasteiger partial charge in [0.05, 0.1) is 6.20 Å². The van der Waals surface area contributed by atoms with Crippen LogP contribution in [0.1, 0.15) is 5.56 Å². The smallest absolute Gasteiger partial charge is 0.145 e. The molecule has 0 aliphatic heterocycles. The van der Waals surface area contributed by atoms with Crippen LogP contribution in [0.3, 0.4) is 0 Å². The topological polar surface area (TPSA) is 48.1 Å². The minimum atomic E-state index is 0.522. The van der Waals surface area contributed by atoms with Gasteiger partial charge >= 0.3 is 0 Å². The van der Waals surface area contributed by atoms with Crippen LogP contribution < -0.4 is 10.5 Å². The minimum absolute atomic E-state index is 0.522. The molecule has 3 aromatic rings. The van der Waals surface area contributed by atoms with Crippen molar-refractivity contribution in [2.75, 3.05) is 0 Å². The maximum atomic E-state index is 5.89. The van der Waals surface area contributed by atoms with Crippen molar-refractivity contribution in [1.29, 1.82) is 0 Å². The second-order valence-electron chi connectivity index (χ2n) is 4.26. The van der Waals surface area contributed by atoms with Crippen LogP contribution in [0.15, 0.2) is 60.9 Å². The van der Waals surface area contributed by atoms with Crippen molar-refractivity contribution in [3.05, 3.63) is 66.5 Å². The van der Waals surface area contributed by atoms with E-state index in [1.165, 1.54) is 0 Å². The Balaban J connectivity index is 2.10. The highest BCUT2D eigenvalue weighted by atomic mass is 16.5. The van der Waals surface area contributed by atoms with E-state index in [9.17, 15) is 0 Å². The molecule has 2 aromatic carbocycles. The number of fused-ring (bicyclic) bond motifs is 1. The summed E-state index contributed by atoms with van der Waals surface area (Å²) in [6.45, 7) is 0.522. The summed E-state index contributed by atoms with van der Waals surface area (Å²) in [4.78, 5) is 4.05. The fourth-order valence-corrected chi connectivity index (χ4v) is 2.14. The molecule has 94 valence electrons. The SMILES string of the molecule is NCc1ccc(Oc2cccnc2)c2ccccc12. The molecule has 0 bridgehead atoms. The molecule has 0 aliphatic rings. The van der Waals surface area contributed by atoms with Gasteiger partial charge in [-0.1, -0.05) is 30.3 Å². The van der Waals surface area contributed by atoms with Gasteiger partial charge in [-0.15, -0.1) is 0 Å². The molecule has 0 radical (unpaired) electrons. The molecule has 1 heterocycles. The second kappa shape index (κ2) is 5.08. The zero-order chi connectivity index (χ0) is 13.1. The molecule has 2 N–H and O–H groups in total. The van der Waals surface area contributed by atoms with Crippen molar-refractivity contribution >= 4 is 10.8 Å². The number of nitrogens with zero attached hydrogens (tertiary/aromatic N) is 1. The first-order chi connectivity index (χ1) is 9.38. The van der Waals surface area contributed by atoms with Crippen LogP contribution in [0.25, 0.3) is 10.8 Å². The largest absolute Gasteiger partial charge is 0.455 e. The Labute approximate surface area is 111 Å². The average molecular weight is 250 g/mol. The Morgan fingerprint density at radius 3 is 2.53 bits per heavy atom. The summed E-state index contributed by atoms with van der Waals surface area (Å²) < 4.78 is 5.89. The Hall–Kier alpha value is -2.39. The van der Waals surface area contributed by atoms with E-state index in [-0.39, 0.29) is 0 Å². The van der Waals surface area contributed by atoms with Crippen molar-refractivity contribution in [3.8, 4) is 11.5 Å². The fraction of sp³-hybridized carbons (Fsp3) is 0.0625. The first kappa shape index (κ1) is 11.7. The Kier molecular flexibility index (Phi) is 3.12. The second-order valence-corrected chi connectivity index (χ2v) is 4.26. The molecule has 3 rings (SSSR count). The maximum Gasteiger partial charge on any atom is 0.145 e. The number of hydrogen-bond acceptors (Lipinski definition) is 3. The number of aromatic nitrogens is 1. The molecule has 0 unspecified atom stereocenters. The van der Waals surface area contributed by atoms with Gasteiger partial charge in [-0.05, 0) is 29.1 Å². The lowest BCUT2D eigenvalue weighted by Gasteiger charge is -2.11. The molecule has 0 aliphatic carbocycles. The lowest BCUT2D eigenvalue weighted by molar-refractivity contribution is 0.486. The molecule has 1 aromatic heterocycles. The first-order valence-corrected chi connectivity index (χ1v) is 6.17. The van der Waals surface area contributed by atoms with Gasteiger partial charge in [-0.3, -0.25) is 4.98 Å².